The number of thiazole rings is 1. The Morgan fingerprint density at radius 3 is 2.88 bits per heavy atom. The number of halogens is 1. The van der Waals surface area contributed by atoms with Gasteiger partial charge in [-0.2, -0.15) is 5.10 Å². The lowest BCUT2D eigenvalue weighted by Crippen LogP contribution is -2.25. The van der Waals surface area contributed by atoms with Crippen LogP contribution >= 0.6 is 22.9 Å². The second-order valence-corrected chi connectivity index (χ2v) is 8.16. The molecule has 0 aliphatic carbocycles. The first-order chi connectivity index (χ1) is 15.7. The largest absolute Gasteiger partial charge is 0.482 e. The molecule has 1 aliphatic heterocycles. The van der Waals surface area contributed by atoms with E-state index in [4.69, 9.17) is 26.4 Å². The van der Waals surface area contributed by atoms with Gasteiger partial charge in [-0.15, -0.1) is 11.3 Å². The maximum Gasteiger partial charge on any atom is 0.262 e. The van der Waals surface area contributed by atoms with Gasteiger partial charge in [0.15, 0.2) is 6.61 Å². The van der Waals surface area contributed by atoms with Gasteiger partial charge in [-0.05, 0) is 48.0 Å². The summed E-state index contributed by atoms with van der Waals surface area (Å²) < 4.78 is 7.24. The molecule has 1 amide bonds. The van der Waals surface area contributed by atoms with Gasteiger partial charge in [0, 0.05) is 22.2 Å². The fourth-order valence-electron chi connectivity index (χ4n) is 3.13. The Labute approximate surface area is 192 Å². The number of carbonyl (C=O) groups excluding carboxylic acids is 1. The lowest BCUT2D eigenvalue weighted by atomic mass is 10.1. The van der Waals surface area contributed by atoms with E-state index in [-0.39, 0.29) is 12.5 Å². The molecule has 0 atom stereocenters. The van der Waals surface area contributed by atoms with Crippen molar-refractivity contribution >= 4 is 46.4 Å². The molecule has 5 rings (SSSR count). The lowest BCUT2D eigenvalue weighted by molar-refractivity contribution is -0.118. The molecule has 0 radical (unpaired) electrons. The Hall–Kier alpha value is -3.75. The second-order valence-electron chi connectivity index (χ2n) is 6.88. The molecule has 0 spiro atoms. The van der Waals surface area contributed by atoms with Crippen molar-refractivity contribution in [3.8, 4) is 17.0 Å². The van der Waals surface area contributed by atoms with E-state index in [2.05, 4.69) is 10.3 Å². The average Bonchev–Trinajstić information content (AvgIpc) is 3.21. The summed E-state index contributed by atoms with van der Waals surface area (Å²) in [7, 11) is 0. The number of carbonyl (C=O) groups is 1. The fourth-order valence-corrected chi connectivity index (χ4v) is 4.12. The third-order valence-corrected chi connectivity index (χ3v) is 5.72. The second kappa shape index (κ2) is 8.78. The molecule has 2 aromatic heterocycles. The van der Waals surface area contributed by atoms with Gasteiger partial charge in [0.2, 0.25) is 4.80 Å². The van der Waals surface area contributed by atoms with E-state index in [1.807, 2.05) is 60.0 Å². The SMILES string of the molecule is O=C1COc2ccc(-c3csc(=Nc4cccnc4)n3N=Cc3ccc(Cl)cc3)cc2N1. The molecule has 0 saturated carbocycles. The minimum Gasteiger partial charge on any atom is -0.482 e. The van der Waals surface area contributed by atoms with E-state index in [0.717, 1.165) is 22.5 Å². The van der Waals surface area contributed by atoms with Crippen LogP contribution in [0.15, 0.2) is 82.5 Å². The van der Waals surface area contributed by atoms with Gasteiger partial charge in [0.25, 0.3) is 5.91 Å². The van der Waals surface area contributed by atoms with Crippen molar-refractivity contribution in [3.05, 3.63) is 87.8 Å². The number of amides is 1. The van der Waals surface area contributed by atoms with Crippen LogP contribution in [0.3, 0.4) is 0 Å². The number of rotatable bonds is 4. The highest BCUT2D eigenvalue weighted by Gasteiger charge is 2.17. The molecule has 3 heterocycles. The number of aromatic nitrogens is 2. The van der Waals surface area contributed by atoms with Crippen molar-refractivity contribution in [1.29, 1.82) is 0 Å². The molecule has 1 aliphatic rings. The van der Waals surface area contributed by atoms with Crippen LogP contribution in [0.2, 0.25) is 5.02 Å². The minimum atomic E-state index is -0.180. The quantitative estimate of drug-likeness (QED) is 0.447. The monoisotopic (exact) mass is 461 g/mol. The van der Waals surface area contributed by atoms with E-state index in [0.29, 0.717) is 21.3 Å². The van der Waals surface area contributed by atoms with Crippen molar-refractivity contribution in [2.45, 2.75) is 0 Å². The van der Waals surface area contributed by atoms with Crippen LogP contribution in [-0.4, -0.2) is 28.4 Å². The Morgan fingerprint density at radius 1 is 1.19 bits per heavy atom. The first kappa shape index (κ1) is 20.2. The smallest absolute Gasteiger partial charge is 0.262 e. The maximum atomic E-state index is 11.7. The number of hydrogen-bond donors (Lipinski definition) is 1. The zero-order valence-corrected chi connectivity index (χ0v) is 18.2. The Morgan fingerprint density at radius 2 is 2.06 bits per heavy atom. The van der Waals surface area contributed by atoms with E-state index >= 15 is 0 Å². The Kier molecular flexibility index (Phi) is 5.53. The summed E-state index contributed by atoms with van der Waals surface area (Å²) in [4.78, 5) is 21.2. The highest BCUT2D eigenvalue weighted by Crippen LogP contribution is 2.33. The van der Waals surface area contributed by atoms with Crippen LogP contribution in [-0.2, 0) is 4.79 Å². The molecule has 0 unspecified atom stereocenters. The summed E-state index contributed by atoms with van der Waals surface area (Å²) in [6.45, 7) is 0.0182. The summed E-state index contributed by atoms with van der Waals surface area (Å²) >= 11 is 7.45. The van der Waals surface area contributed by atoms with Gasteiger partial charge < -0.3 is 10.1 Å². The molecule has 9 heteroatoms. The van der Waals surface area contributed by atoms with Crippen molar-refractivity contribution in [3.63, 3.8) is 0 Å². The average molecular weight is 462 g/mol. The molecule has 4 aromatic rings. The van der Waals surface area contributed by atoms with Crippen LogP contribution in [0, 0.1) is 0 Å². The number of nitrogens with one attached hydrogen (secondary N) is 1. The van der Waals surface area contributed by atoms with Crippen LogP contribution in [0.4, 0.5) is 11.4 Å². The van der Waals surface area contributed by atoms with E-state index in [1.165, 1.54) is 11.3 Å². The predicted molar refractivity (Wildman–Crippen MR) is 126 cm³/mol. The van der Waals surface area contributed by atoms with Crippen molar-refractivity contribution in [1.82, 2.24) is 9.66 Å². The highest BCUT2D eigenvalue weighted by atomic mass is 35.5. The van der Waals surface area contributed by atoms with E-state index in [1.54, 1.807) is 23.3 Å². The van der Waals surface area contributed by atoms with Crippen LogP contribution in [0.25, 0.3) is 11.3 Å². The number of fused-ring (bicyclic) bond motifs is 1. The van der Waals surface area contributed by atoms with Gasteiger partial charge in [0.1, 0.15) is 5.75 Å². The summed E-state index contributed by atoms with van der Waals surface area (Å²) in [5.74, 6) is 0.459. The molecule has 0 fully saturated rings. The third-order valence-electron chi connectivity index (χ3n) is 4.66. The molecule has 2 aromatic carbocycles. The van der Waals surface area contributed by atoms with Crippen LogP contribution in [0.5, 0.6) is 5.75 Å². The van der Waals surface area contributed by atoms with Crippen molar-refractivity contribution < 1.29 is 9.53 Å². The number of pyridine rings is 1. The fraction of sp³-hybridized carbons (Fsp3) is 0.0435. The molecule has 0 bridgehead atoms. The number of anilines is 1. The molecule has 7 nitrogen and oxygen atoms in total. The van der Waals surface area contributed by atoms with E-state index in [9.17, 15) is 4.79 Å². The van der Waals surface area contributed by atoms with Crippen molar-refractivity contribution in [2.75, 3.05) is 11.9 Å². The van der Waals surface area contributed by atoms with Crippen LogP contribution < -0.4 is 14.9 Å². The molecule has 158 valence electrons. The number of ether oxygens (including phenoxy) is 1. The number of benzene rings is 2. The standard InChI is InChI=1S/C23H16ClN5O2S/c24-17-6-3-15(4-7-17)11-26-29-20(14-32-23(29)27-18-2-1-9-25-12-18)16-5-8-21-19(10-16)28-22(30)13-31-21/h1-12,14H,13H2,(H,28,30). The maximum absolute atomic E-state index is 11.7. The topological polar surface area (TPSA) is 80.9 Å². The summed E-state index contributed by atoms with van der Waals surface area (Å²) in [5, 5.41) is 10.2. The lowest BCUT2D eigenvalue weighted by Gasteiger charge is -2.18. The highest BCUT2D eigenvalue weighted by molar-refractivity contribution is 7.07. The normalized spacial score (nSPS) is 13.7. The number of nitrogens with zero attached hydrogens (tertiary/aromatic N) is 4. The van der Waals surface area contributed by atoms with Gasteiger partial charge >= 0.3 is 0 Å². The Balaban J connectivity index is 1.61. The van der Waals surface area contributed by atoms with Crippen molar-refractivity contribution in [2.24, 2.45) is 10.1 Å². The third kappa shape index (κ3) is 4.32. The zero-order chi connectivity index (χ0) is 21.9. The molecule has 32 heavy (non-hydrogen) atoms. The zero-order valence-electron chi connectivity index (χ0n) is 16.6. The first-order valence-corrected chi connectivity index (χ1v) is 10.9. The number of hydrogen-bond acceptors (Lipinski definition) is 6. The van der Waals surface area contributed by atoms with Gasteiger partial charge in [-0.25, -0.2) is 9.67 Å². The Bertz CT molecular complexity index is 1380. The van der Waals surface area contributed by atoms with Gasteiger partial charge in [-0.1, -0.05) is 23.7 Å². The summed E-state index contributed by atoms with van der Waals surface area (Å²) in [6, 6.07) is 16.8. The first-order valence-electron chi connectivity index (χ1n) is 9.68. The molecular formula is C23H16ClN5O2S. The molecule has 1 N–H and O–H groups in total. The summed E-state index contributed by atoms with van der Waals surface area (Å²) in [5.41, 5.74) is 3.95. The van der Waals surface area contributed by atoms with Crippen LogP contribution in [0.1, 0.15) is 5.56 Å². The van der Waals surface area contributed by atoms with Gasteiger partial charge in [-0.3, -0.25) is 9.78 Å². The van der Waals surface area contributed by atoms with E-state index < -0.39 is 0 Å². The summed E-state index contributed by atoms with van der Waals surface area (Å²) in [6.07, 6.45) is 5.14. The predicted octanol–water partition coefficient (Wildman–Crippen LogP) is 4.71. The van der Waals surface area contributed by atoms with Gasteiger partial charge in [0.05, 0.1) is 29.5 Å². The molecular weight excluding hydrogens is 446 g/mol. The molecule has 0 saturated heterocycles. The minimum absolute atomic E-state index is 0.0182.